The van der Waals surface area contributed by atoms with Crippen molar-refractivity contribution >= 4 is 62.2 Å². The number of unbranched alkanes of at least 4 members (excludes halogenated alkanes) is 6. The van der Waals surface area contributed by atoms with Gasteiger partial charge in [-0.3, -0.25) is 14.5 Å². The Morgan fingerprint density at radius 3 is 2.48 bits per heavy atom. The Morgan fingerprint density at radius 2 is 1.81 bits per heavy atom. The highest BCUT2D eigenvalue weighted by Gasteiger charge is 2.31. The summed E-state index contributed by atoms with van der Waals surface area (Å²) in [5.41, 5.74) is 0.979. The number of rotatable bonds is 11. The highest BCUT2D eigenvalue weighted by Crippen LogP contribution is 2.33. The van der Waals surface area contributed by atoms with Crippen LogP contribution < -0.4 is 0 Å². The lowest BCUT2D eigenvalue weighted by atomic mass is 10.1. The fourth-order valence-electron chi connectivity index (χ4n) is 2.87. The van der Waals surface area contributed by atoms with Gasteiger partial charge >= 0.3 is 5.97 Å². The lowest BCUT2D eigenvalue weighted by Crippen LogP contribution is -2.29. The Balaban J connectivity index is 1.69. The summed E-state index contributed by atoms with van der Waals surface area (Å²) in [6, 6.07) is 7.84. The zero-order valence-electron chi connectivity index (χ0n) is 15.2. The van der Waals surface area contributed by atoms with E-state index in [0.29, 0.717) is 15.8 Å². The van der Waals surface area contributed by atoms with Gasteiger partial charge in [0, 0.05) is 17.4 Å². The van der Waals surface area contributed by atoms with Gasteiger partial charge in [-0.1, -0.05) is 84.1 Å². The van der Waals surface area contributed by atoms with Gasteiger partial charge in [-0.15, -0.1) is 0 Å². The largest absolute Gasteiger partial charge is 0.481 e. The number of carbonyl (C=O) groups is 2. The molecule has 0 spiro atoms. The van der Waals surface area contributed by atoms with Crippen molar-refractivity contribution in [2.75, 3.05) is 6.54 Å². The average Bonchev–Trinajstić information content (AvgIpc) is 2.87. The fraction of sp³-hybridized carbons (Fsp3) is 0.450. The number of hydrogen-bond acceptors (Lipinski definition) is 4. The van der Waals surface area contributed by atoms with Crippen molar-refractivity contribution in [2.45, 2.75) is 51.4 Å². The molecule has 1 amide bonds. The number of aliphatic carboxylic acids is 1. The summed E-state index contributed by atoms with van der Waals surface area (Å²) in [4.78, 5) is 25.4. The maximum absolute atomic E-state index is 12.6. The summed E-state index contributed by atoms with van der Waals surface area (Å²) in [6.07, 6.45) is 9.17. The van der Waals surface area contributed by atoms with Crippen LogP contribution in [0.25, 0.3) is 6.08 Å². The molecule has 1 aliphatic heterocycles. The highest BCUT2D eigenvalue weighted by atomic mass is 79.9. The molecule has 0 saturated carbocycles. The maximum atomic E-state index is 12.6. The summed E-state index contributed by atoms with van der Waals surface area (Å²) in [7, 11) is 0. The molecule has 0 bridgehead atoms. The lowest BCUT2D eigenvalue weighted by Gasteiger charge is -2.14. The van der Waals surface area contributed by atoms with Gasteiger partial charge in [0.25, 0.3) is 5.91 Å². The molecule has 1 aromatic carbocycles. The molecule has 4 nitrogen and oxygen atoms in total. The molecule has 0 unspecified atom stereocenters. The third-order valence-corrected chi connectivity index (χ3v) is 6.16. The van der Waals surface area contributed by atoms with Crippen molar-refractivity contribution in [3.05, 3.63) is 39.2 Å². The van der Waals surface area contributed by atoms with E-state index in [4.69, 9.17) is 17.3 Å². The Kier molecular flexibility index (Phi) is 9.51. The van der Waals surface area contributed by atoms with Crippen LogP contribution in [0.2, 0.25) is 0 Å². The van der Waals surface area contributed by atoms with E-state index in [0.717, 1.165) is 55.0 Å². The zero-order valence-corrected chi connectivity index (χ0v) is 18.4. The van der Waals surface area contributed by atoms with E-state index in [2.05, 4.69) is 15.9 Å². The predicted octanol–water partition coefficient (Wildman–Crippen LogP) is 5.86. The summed E-state index contributed by atoms with van der Waals surface area (Å²) in [5.74, 6) is -0.717. The number of carboxylic acids is 1. The minimum absolute atomic E-state index is 0.00125. The smallest absolute Gasteiger partial charge is 0.303 e. The second-order valence-corrected chi connectivity index (χ2v) is 9.10. The molecule has 0 atom stereocenters. The number of halogens is 1. The SMILES string of the molecule is O=C(O)CCCCCCCCCN1C(=O)/C(=C/c2cccc(Br)c2)SC1=S. The molecular weight excluding hydrogens is 446 g/mol. The Labute approximate surface area is 178 Å². The first-order chi connectivity index (χ1) is 13.0. The van der Waals surface area contributed by atoms with Gasteiger partial charge in [0.15, 0.2) is 0 Å². The number of benzene rings is 1. The van der Waals surface area contributed by atoms with Gasteiger partial charge in [-0.25, -0.2) is 0 Å². The van der Waals surface area contributed by atoms with Crippen LogP contribution in [0.15, 0.2) is 33.6 Å². The Morgan fingerprint density at radius 1 is 1.15 bits per heavy atom. The monoisotopic (exact) mass is 469 g/mol. The third kappa shape index (κ3) is 7.76. The van der Waals surface area contributed by atoms with Crippen LogP contribution in [-0.4, -0.2) is 32.7 Å². The van der Waals surface area contributed by atoms with Gasteiger partial charge < -0.3 is 5.11 Å². The summed E-state index contributed by atoms with van der Waals surface area (Å²) in [6.45, 7) is 0.666. The van der Waals surface area contributed by atoms with E-state index in [-0.39, 0.29) is 12.3 Å². The number of nitrogens with zero attached hydrogens (tertiary/aromatic N) is 1. The van der Waals surface area contributed by atoms with Crippen molar-refractivity contribution in [1.82, 2.24) is 4.90 Å². The van der Waals surface area contributed by atoms with Crippen LogP contribution in [0.4, 0.5) is 0 Å². The zero-order chi connectivity index (χ0) is 19.6. The van der Waals surface area contributed by atoms with Crippen LogP contribution >= 0.6 is 39.9 Å². The summed E-state index contributed by atoms with van der Waals surface area (Å²) in [5, 5.41) is 8.60. The summed E-state index contributed by atoms with van der Waals surface area (Å²) >= 11 is 10.2. The maximum Gasteiger partial charge on any atom is 0.303 e. The number of amides is 1. The topological polar surface area (TPSA) is 57.6 Å². The number of carboxylic acid groups (broad SMARTS) is 1. The lowest BCUT2D eigenvalue weighted by molar-refractivity contribution is -0.137. The molecule has 27 heavy (non-hydrogen) atoms. The molecule has 1 aromatic rings. The Bertz CT molecular complexity index is 721. The van der Waals surface area contributed by atoms with Crippen molar-refractivity contribution in [3.63, 3.8) is 0 Å². The van der Waals surface area contributed by atoms with E-state index in [9.17, 15) is 9.59 Å². The first-order valence-corrected chi connectivity index (χ1v) is 11.2. The van der Waals surface area contributed by atoms with Crippen molar-refractivity contribution in [2.24, 2.45) is 0 Å². The molecule has 146 valence electrons. The average molecular weight is 470 g/mol. The quantitative estimate of drug-likeness (QED) is 0.250. The number of thioether (sulfide) groups is 1. The second kappa shape index (κ2) is 11.6. The van der Waals surface area contributed by atoms with Gasteiger partial charge in [-0.05, 0) is 36.6 Å². The van der Waals surface area contributed by atoms with E-state index in [1.165, 1.54) is 11.8 Å². The molecule has 7 heteroatoms. The van der Waals surface area contributed by atoms with Crippen molar-refractivity contribution < 1.29 is 14.7 Å². The van der Waals surface area contributed by atoms with Gasteiger partial charge in [0.05, 0.1) is 4.91 Å². The molecule has 1 aliphatic rings. The van der Waals surface area contributed by atoms with Crippen LogP contribution in [0.1, 0.15) is 56.9 Å². The second-order valence-electron chi connectivity index (χ2n) is 6.51. The number of hydrogen-bond donors (Lipinski definition) is 1. The van der Waals surface area contributed by atoms with Gasteiger partial charge in [0.2, 0.25) is 0 Å². The van der Waals surface area contributed by atoms with Crippen LogP contribution in [-0.2, 0) is 9.59 Å². The van der Waals surface area contributed by atoms with Gasteiger partial charge in [0.1, 0.15) is 4.32 Å². The number of carbonyl (C=O) groups excluding carboxylic acids is 1. The molecule has 1 N–H and O–H groups in total. The molecular formula is C20H24BrNO3S2. The minimum atomic E-state index is -0.715. The van der Waals surface area contributed by atoms with Crippen molar-refractivity contribution in [3.8, 4) is 0 Å². The molecule has 1 saturated heterocycles. The van der Waals surface area contributed by atoms with E-state index < -0.39 is 5.97 Å². The van der Waals surface area contributed by atoms with Gasteiger partial charge in [-0.2, -0.15) is 0 Å². The van der Waals surface area contributed by atoms with Crippen LogP contribution in [0.5, 0.6) is 0 Å². The normalized spacial score (nSPS) is 15.7. The summed E-state index contributed by atoms with van der Waals surface area (Å²) < 4.78 is 1.62. The molecule has 0 aliphatic carbocycles. The van der Waals surface area contributed by atoms with E-state index in [1.807, 2.05) is 30.3 Å². The number of thiocarbonyl (C=S) groups is 1. The third-order valence-electron chi connectivity index (χ3n) is 4.29. The van der Waals surface area contributed by atoms with E-state index >= 15 is 0 Å². The highest BCUT2D eigenvalue weighted by molar-refractivity contribution is 9.10. The van der Waals surface area contributed by atoms with E-state index in [1.54, 1.807) is 4.90 Å². The molecule has 0 radical (unpaired) electrons. The van der Waals surface area contributed by atoms with Crippen molar-refractivity contribution in [1.29, 1.82) is 0 Å². The minimum Gasteiger partial charge on any atom is -0.481 e. The predicted molar refractivity (Wildman–Crippen MR) is 119 cm³/mol. The Hall–Kier alpha value is -1.18. The van der Waals surface area contributed by atoms with Crippen LogP contribution in [0.3, 0.4) is 0 Å². The molecule has 2 rings (SSSR count). The molecule has 0 aromatic heterocycles. The molecule has 1 fully saturated rings. The van der Waals surface area contributed by atoms with Crippen LogP contribution in [0, 0.1) is 0 Å². The standard InChI is InChI=1S/C20H24BrNO3S2/c21-16-10-8-9-15(13-16)14-17-19(25)22(20(26)27-17)12-7-5-3-1-2-4-6-11-18(23)24/h8-10,13-14H,1-7,11-12H2,(H,23,24)/b17-14-. The fourth-order valence-corrected chi connectivity index (χ4v) is 4.60. The first kappa shape index (κ1) is 22.1. The molecule has 1 heterocycles. The first-order valence-electron chi connectivity index (χ1n) is 9.20.